The van der Waals surface area contributed by atoms with Gasteiger partial charge in [0.2, 0.25) is 0 Å². The van der Waals surface area contributed by atoms with E-state index in [1.54, 1.807) is 59.4 Å². The van der Waals surface area contributed by atoms with Crippen LogP contribution < -0.4 is 5.49 Å². The number of nitrogens with one attached hydrogen (secondary N) is 1. The lowest BCUT2D eigenvalue weighted by Gasteiger charge is -2.20. The van der Waals surface area contributed by atoms with E-state index in [0.717, 1.165) is 5.69 Å². The number of aryl methyl sites for hydroxylation is 1. The van der Waals surface area contributed by atoms with Crippen LogP contribution in [-0.2, 0) is 4.74 Å². The average molecular weight is 531 g/mol. The fourth-order valence-electron chi connectivity index (χ4n) is 3.75. The molecule has 0 bridgehead atoms. The number of pyridine rings is 1. The van der Waals surface area contributed by atoms with Gasteiger partial charge in [-0.05, 0) is 74.2 Å². The Kier molecular flexibility index (Phi) is 7.14. The predicted molar refractivity (Wildman–Crippen MR) is 140 cm³/mol. The van der Waals surface area contributed by atoms with Crippen LogP contribution in [0.4, 0.5) is 0 Å². The maximum absolute atomic E-state index is 13.0. The first kappa shape index (κ1) is 24.5. The SMILES string of the molecule is CCOC(=O)c1c(C)c2c(=N)n(-c3ccc(Cl)cc3)c(SC)nc2n(-c2ccc(Cl)cc2)c1=S. The number of hydrogen-bond acceptors (Lipinski definition) is 6. The zero-order chi connectivity index (χ0) is 24.6. The molecule has 4 aromatic rings. The van der Waals surface area contributed by atoms with Crippen LogP contribution in [0.1, 0.15) is 22.8 Å². The number of carbonyl (C=O) groups is 1. The number of nitrogens with zero attached hydrogens (tertiary/aromatic N) is 3. The third-order valence-corrected chi connectivity index (χ3v) is 6.82. The summed E-state index contributed by atoms with van der Waals surface area (Å²) in [6, 6.07) is 14.2. The van der Waals surface area contributed by atoms with Gasteiger partial charge in [0.1, 0.15) is 10.1 Å². The van der Waals surface area contributed by atoms with Crippen LogP contribution >= 0.6 is 47.2 Å². The Hall–Kier alpha value is -2.65. The topological polar surface area (TPSA) is 72.9 Å². The number of hydrogen-bond donors (Lipinski definition) is 1. The minimum absolute atomic E-state index is 0.164. The molecule has 2 aromatic carbocycles. The average Bonchev–Trinajstić information content (AvgIpc) is 2.80. The smallest absolute Gasteiger partial charge is 0.341 e. The van der Waals surface area contributed by atoms with Gasteiger partial charge >= 0.3 is 5.97 Å². The number of thioether (sulfide) groups is 1. The van der Waals surface area contributed by atoms with E-state index in [9.17, 15) is 10.2 Å². The third kappa shape index (κ3) is 4.27. The number of esters is 1. The number of rotatable bonds is 5. The van der Waals surface area contributed by atoms with E-state index in [0.29, 0.717) is 37.5 Å². The fourth-order valence-corrected chi connectivity index (χ4v) is 4.99. The van der Waals surface area contributed by atoms with Gasteiger partial charge in [-0.3, -0.25) is 14.5 Å². The molecule has 0 unspecified atom stereocenters. The first-order chi connectivity index (χ1) is 16.3. The minimum Gasteiger partial charge on any atom is -0.462 e. The highest BCUT2D eigenvalue weighted by atomic mass is 35.5. The molecule has 0 radical (unpaired) electrons. The molecule has 174 valence electrons. The third-order valence-electron chi connectivity index (χ3n) is 5.29. The van der Waals surface area contributed by atoms with Crippen molar-refractivity contribution in [1.82, 2.24) is 14.1 Å². The van der Waals surface area contributed by atoms with Crippen molar-refractivity contribution in [2.45, 2.75) is 19.0 Å². The first-order valence-corrected chi connectivity index (χ1v) is 12.7. The molecular formula is C24H20Cl2N4O2S2. The maximum atomic E-state index is 13.0. The van der Waals surface area contributed by atoms with Gasteiger partial charge in [0, 0.05) is 21.4 Å². The number of ether oxygens (including phenoxy) is 1. The van der Waals surface area contributed by atoms with Crippen molar-refractivity contribution in [2.24, 2.45) is 0 Å². The fraction of sp³-hybridized carbons (Fsp3) is 0.167. The molecular weight excluding hydrogens is 511 g/mol. The lowest BCUT2D eigenvalue weighted by atomic mass is 10.1. The van der Waals surface area contributed by atoms with Gasteiger partial charge in [0.05, 0.1) is 17.6 Å². The van der Waals surface area contributed by atoms with E-state index in [4.69, 9.17) is 45.1 Å². The Morgan fingerprint density at radius 3 is 2.09 bits per heavy atom. The number of halogens is 2. The molecule has 2 heterocycles. The summed E-state index contributed by atoms with van der Waals surface area (Å²) in [7, 11) is 0. The zero-order valence-corrected chi connectivity index (χ0v) is 21.7. The Labute approximate surface area is 215 Å². The van der Waals surface area contributed by atoms with Gasteiger partial charge in [-0.2, -0.15) is 0 Å². The first-order valence-electron chi connectivity index (χ1n) is 10.3. The Bertz CT molecular complexity index is 1530. The summed E-state index contributed by atoms with van der Waals surface area (Å²) in [6.45, 7) is 3.71. The predicted octanol–water partition coefficient (Wildman–Crippen LogP) is 6.54. The minimum atomic E-state index is -0.541. The number of aromatic nitrogens is 3. The van der Waals surface area contributed by atoms with Crippen molar-refractivity contribution < 1.29 is 9.53 Å². The molecule has 0 aliphatic rings. The van der Waals surface area contributed by atoms with E-state index < -0.39 is 5.97 Å². The van der Waals surface area contributed by atoms with Crippen LogP contribution in [0.5, 0.6) is 0 Å². The monoisotopic (exact) mass is 530 g/mol. The highest BCUT2D eigenvalue weighted by Gasteiger charge is 2.23. The largest absolute Gasteiger partial charge is 0.462 e. The van der Waals surface area contributed by atoms with Crippen LogP contribution in [-0.4, -0.2) is 33.0 Å². The lowest BCUT2D eigenvalue weighted by Crippen LogP contribution is -2.26. The van der Waals surface area contributed by atoms with Crippen LogP contribution in [0.3, 0.4) is 0 Å². The van der Waals surface area contributed by atoms with Crippen molar-refractivity contribution >= 4 is 64.2 Å². The highest BCUT2D eigenvalue weighted by Crippen LogP contribution is 2.28. The van der Waals surface area contributed by atoms with Crippen molar-refractivity contribution in [1.29, 1.82) is 5.41 Å². The van der Waals surface area contributed by atoms with Crippen LogP contribution in [0.15, 0.2) is 53.7 Å². The summed E-state index contributed by atoms with van der Waals surface area (Å²) in [5.41, 5.74) is 2.81. The van der Waals surface area contributed by atoms with Crippen molar-refractivity contribution in [3.8, 4) is 11.4 Å². The van der Waals surface area contributed by atoms with Gasteiger partial charge in [-0.1, -0.05) is 47.2 Å². The molecule has 0 saturated heterocycles. The van der Waals surface area contributed by atoms with Crippen molar-refractivity contribution in [3.05, 3.63) is 79.8 Å². The van der Waals surface area contributed by atoms with Crippen molar-refractivity contribution in [2.75, 3.05) is 12.9 Å². The molecule has 0 aliphatic carbocycles. The number of benzene rings is 2. The Morgan fingerprint density at radius 2 is 1.59 bits per heavy atom. The standard InChI is InChI=1S/C24H20Cl2N4O2S2/c1-4-32-23(31)19-13(2)18-20(27)29(16-9-5-14(25)6-10-16)24(34-3)28-21(18)30(22(19)33)17-11-7-15(26)8-12-17/h5-12,27H,4H2,1-3H3. The van der Waals surface area contributed by atoms with Gasteiger partial charge in [-0.25, -0.2) is 9.78 Å². The number of carbonyl (C=O) groups excluding carboxylic acids is 1. The summed E-state index contributed by atoms with van der Waals surface area (Å²) in [5, 5.41) is 11.4. The highest BCUT2D eigenvalue weighted by molar-refractivity contribution is 7.98. The van der Waals surface area contributed by atoms with Gasteiger partial charge < -0.3 is 4.74 Å². The van der Waals surface area contributed by atoms with Gasteiger partial charge in [0.15, 0.2) is 10.8 Å². The normalized spacial score (nSPS) is 11.1. The molecule has 0 saturated carbocycles. The summed E-state index contributed by atoms with van der Waals surface area (Å²) in [6.07, 6.45) is 1.89. The Morgan fingerprint density at radius 1 is 1.06 bits per heavy atom. The summed E-state index contributed by atoms with van der Waals surface area (Å²) >= 11 is 19.4. The molecule has 1 N–H and O–H groups in total. The van der Waals surface area contributed by atoms with Crippen LogP contribution in [0, 0.1) is 17.0 Å². The molecule has 0 fully saturated rings. The summed E-state index contributed by atoms with van der Waals surface area (Å²) in [5.74, 6) is -0.541. The second-order valence-electron chi connectivity index (χ2n) is 7.29. The molecule has 34 heavy (non-hydrogen) atoms. The van der Waals surface area contributed by atoms with Gasteiger partial charge in [0.25, 0.3) is 0 Å². The van der Waals surface area contributed by atoms with E-state index in [2.05, 4.69) is 0 Å². The molecule has 0 aliphatic heterocycles. The quantitative estimate of drug-likeness (QED) is 0.137. The number of fused-ring (bicyclic) bond motifs is 1. The van der Waals surface area contributed by atoms with Gasteiger partial charge in [-0.15, -0.1) is 0 Å². The second-order valence-corrected chi connectivity index (χ2v) is 9.33. The van der Waals surface area contributed by atoms with E-state index >= 15 is 0 Å². The molecule has 0 atom stereocenters. The summed E-state index contributed by atoms with van der Waals surface area (Å²) < 4.78 is 8.99. The van der Waals surface area contributed by atoms with E-state index in [-0.39, 0.29) is 22.3 Å². The zero-order valence-electron chi connectivity index (χ0n) is 18.6. The molecule has 0 amide bonds. The lowest BCUT2D eigenvalue weighted by molar-refractivity contribution is 0.0524. The summed E-state index contributed by atoms with van der Waals surface area (Å²) in [4.78, 5) is 17.9. The Balaban J connectivity index is 2.20. The van der Waals surface area contributed by atoms with E-state index in [1.165, 1.54) is 11.8 Å². The van der Waals surface area contributed by atoms with E-state index in [1.807, 2.05) is 18.4 Å². The van der Waals surface area contributed by atoms with Crippen molar-refractivity contribution in [3.63, 3.8) is 0 Å². The molecule has 2 aromatic heterocycles. The molecule has 6 nitrogen and oxygen atoms in total. The van der Waals surface area contributed by atoms with Crippen LogP contribution in [0.2, 0.25) is 10.0 Å². The maximum Gasteiger partial charge on any atom is 0.341 e. The molecule has 10 heteroatoms. The molecule has 4 rings (SSSR count). The second kappa shape index (κ2) is 9.92. The van der Waals surface area contributed by atoms with Crippen LogP contribution in [0.25, 0.3) is 22.4 Å². The molecule has 0 spiro atoms.